The number of hydrogen-bond donors (Lipinski definition) is 1. The number of aromatic carboxylic acids is 1. The summed E-state index contributed by atoms with van der Waals surface area (Å²) in [4.78, 5) is 28.3. The van der Waals surface area contributed by atoms with Crippen LogP contribution < -0.4 is 10.3 Å². The number of carbonyl (C=O) groups is 1. The summed E-state index contributed by atoms with van der Waals surface area (Å²) in [5.74, 6) is -2.91. The molecule has 2 aromatic rings. The molecule has 2 aliphatic carbocycles. The number of anilines is 1. The van der Waals surface area contributed by atoms with Crippen molar-refractivity contribution >= 4 is 22.6 Å². The predicted octanol–water partition coefficient (Wildman–Crippen LogP) is 3.15. The molecular weight excluding hydrogens is 392 g/mol. The molecule has 2 heterocycles. The first-order valence-electron chi connectivity index (χ1n) is 10.4. The van der Waals surface area contributed by atoms with E-state index in [0.717, 1.165) is 25.7 Å². The Balaban J connectivity index is 1.76. The van der Waals surface area contributed by atoms with Crippen molar-refractivity contribution in [3.8, 4) is 0 Å². The van der Waals surface area contributed by atoms with Gasteiger partial charge in [-0.15, -0.1) is 0 Å². The summed E-state index contributed by atoms with van der Waals surface area (Å²) in [7, 11) is 3.98. The van der Waals surface area contributed by atoms with E-state index in [-0.39, 0.29) is 39.7 Å². The second-order valence-corrected chi connectivity index (χ2v) is 9.36. The van der Waals surface area contributed by atoms with Crippen molar-refractivity contribution in [2.24, 2.45) is 5.41 Å². The van der Waals surface area contributed by atoms with Gasteiger partial charge < -0.3 is 19.5 Å². The molecule has 0 radical (unpaired) electrons. The van der Waals surface area contributed by atoms with Crippen molar-refractivity contribution in [3.63, 3.8) is 0 Å². The highest BCUT2D eigenvalue weighted by Crippen LogP contribution is 2.55. The van der Waals surface area contributed by atoms with Gasteiger partial charge in [0.2, 0.25) is 5.43 Å². The van der Waals surface area contributed by atoms with E-state index in [1.54, 1.807) is 4.90 Å². The average Bonchev–Trinajstić information content (AvgIpc) is 3.58. The molecule has 160 valence electrons. The fourth-order valence-electron chi connectivity index (χ4n) is 5.26. The number of aryl methyl sites for hydroxylation is 1. The molecule has 3 fully saturated rings. The van der Waals surface area contributed by atoms with Crippen LogP contribution in [0.2, 0.25) is 0 Å². The van der Waals surface area contributed by atoms with Gasteiger partial charge in [-0.2, -0.15) is 0 Å². The zero-order valence-corrected chi connectivity index (χ0v) is 17.3. The highest BCUT2D eigenvalue weighted by Gasteiger charge is 2.56. The van der Waals surface area contributed by atoms with Gasteiger partial charge in [-0.1, -0.05) is 0 Å². The van der Waals surface area contributed by atoms with Gasteiger partial charge in [0.15, 0.2) is 11.6 Å². The van der Waals surface area contributed by atoms with Gasteiger partial charge in [-0.25, -0.2) is 13.6 Å². The lowest BCUT2D eigenvalue weighted by Gasteiger charge is -2.25. The molecule has 30 heavy (non-hydrogen) atoms. The van der Waals surface area contributed by atoms with E-state index in [9.17, 15) is 14.7 Å². The summed E-state index contributed by atoms with van der Waals surface area (Å²) in [5.41, 5.74) is -1.26. The van der Waals surface area contributed by atoms with Crippen LogP contribution in [0.5, 0.6) is 0 Å². The van der Waals surface area contributed by atoms with Crippen molar-refractivity contribution in [2.45, 2.75) is 44.7 Å². The highest BCUT2D eigenvalue weighted by molar-refractivity contribution is 5.95. The van der Waals surface area contributed by atoms with Crippen LogP contribution in [-0.2, 0) is 0 Å². The molecule has 0 bridgehead atoms. The number of halogens is 2. The topological polar surface area (TPSA) is 65.8 Å². The molecule has 1 saturated heterocycles. The monoisotopic (exact) mass is 417 g/mol. The second kappa shape index (κ2) is 6.26. The minimum Gasteiger partial charge on any atom is -0.477 e. The van der Waals surface area contributed by atoms with E-state index in [2.05, 4.69) is 4.90 Å². The first kappa shape index (κ1) is 19.5. The van der Waals surface area contributed by atoms with Gasteiger partial charge in [0.25, 0.3) is 0 Å². The summed E-state index contributed by atoms with van der Waals surface area (Å²) < 4.78 is 33.0. The number of fused-ring (bicyclic) bond motifs is 1. The zero-order chi connectivity index (χ0) is 21.5. The van der Waals surface area contributed by atoms with Crippen molar-refractivity contribution in [1.29, 1.82) is 0 Å². The zero-order valence-electron chi connectivity index (χ0n) is 17.3. The lowest BCUT2D eigenvalue weighted by Crippen LogP contribution is -2.36. The molecule has 1 N–H and O–H groups in total. The highest BCUT2D eigenvalue weighted by atomic mass is 19.1. The second-order valence-electron chi connectivity index (χ2n) is 9.36. The number of carboxylic acid groups (broad SMARTS) is 1. The molecule has 0 unspecified atom stereocenters. The Kier molecular flexibility index (Phi) is 4.07. The van der Waals surface area contributed by atoms with Crippen LogP contribution in [0.4, 0.5) is 14.5 Å². The molecule has 3 aliphatic rings. The maximum Gasteiger partial charge on any atom is 0.341 e. The van der Waals surface area contributed by atoms with Crippen LogP contribution in [0.25, 0.3) is 10.9 Å². The quantitative estimate of drug-likeness (QED) is 0.828. The molecule has 5 rings (SSSR count). The van der Waals surface area contributed by atoms with Gasteiger partial charge in [-0.3, -0.25) is 4.79 Å². The van der Waals surface area contributed by atoms with Crippen molar-refractivity contribution in [2.75, 3.05) is 32.1 Å². The van der Waals surface area contributed by atoms with Crippen LogP contribution in [0.15, 0.2) is 11.0 Å². The Bertz CT molecular complexity index is 1150. The van der Waals surface area contributed by atoms with Crippen molar-refractivity contribution in [1.82, 2.24) is 9.47 Å². The average molecular weight is 417 g/mol. The number of pyridine rings is 1. The minimum absolute atomic E-state index is 0.0158. The smallest absolute Gasteiger partial charge is 0.341 e. The molecular formula is C22H25F2N3O3. The summed E-state index contributed by atoms with van der Waals surface area (Å²) >= 11 is 0. The van der Waals surface area contributed by atoms with Crippen LogP contribution in [-0.4, -0.2) is 53.8 Å². The van der Waals surface area contributed by atoms with E-state index < -0.39 is 28.6 Å². The first-order chi connectivity index (χ1) is 14.2. The number of likely N-dealkylation sites (N-methyl/N-ethyl adjacent to an activating group) is 1. The lowest BCUT2D eigenvalue weighted by molar-refractivity contribution is 0.0695. The van der Waals surface area contributed by atoms with Crippen molar-refractivity contribution < 1.29 is 18.7 Å². The van der Waals surface area contributed by atoms with Gasteiger partial charge in [0.05, 0.1) is 10.9 Å². The molecule has 2 saturated carbocycles. The fourth-order valence-corrected chi connectivity index (χ4v) is 5.26. The van der Waals surface area contributed by atoms with Gasteiger partial charge in [0, 0.05) is 42.3 Å². The number of benzene rings is 1. The molecule has 1 aliphatic heterocycles. The van der Waals surface area contributed by atoms with Gasteiger partial charge in [-0.05, 0) is 46.7 Å². The SMILES string of the molecule is Cc1c(F)c(N2C[C@@H](N(C)C)C3(CC3)C2)c(F)c2c1c(=O)c(C(=O)O)cn2C1CC1. The minimum atomic E-state index is -1.38. The lowest BCUT2D eigenvalue weighted by atomic mass is 10.0. The maximum absolute atomic E-state index is 15.9. The molecule has 1 spiro atoms. The third-order valence-corrected chi connectivity index (χ3v) is 7.17. The predicted molar refractivity (Wildman–Crippen MR) is 109 cm³/mol. The van der Waals surface area contributed by atoms with Gasteiger partial charge in [0.1, 0.15) is 11.3 Å². The summed E-state index contributed by atoms with van der Waals surface area (Å²) in [6.45, 7) is 2.54. The van der Waals surface area contributed by atoms with E-state index >= 15 is 8.78 Å². The molecule has 8 heteroatoms. The Morgan fingerprint density at radius 1 is 1.23 bits per heavy atom. The van der Waals surface area contributed by atoms with Crippen LogP contribution in [0.3, 0.4) is 0 Å². The molecule has 0 amide bonds. The normalized spacial score (nSPS) is 22.5. The van der Waals surface area contributed by atoms with Crippen LogP contribution in [0, 0.1) is 24.0 Å². The number of rotatable bonds is 4. The van der Waals surface area contributed by atoms with E-state index in [4.69, 9.17) is 0 Å². The third-order valence-electron chi connectivity index (χ3n) is 7.17. The maximum atomic E-state index is 15.9. The first-order valence-corrected chi connectivity index (χ1v) is 10.4. The third kappa shape index (κ3) is 2.62. The number of carboxylic acids is 1. The van der Waals surface area contributed by atoms with E-state index in [1.165, 1.54) is 17.7 Å². The molecule has 1 atom stereocenters. The largest absolute Gasteiger partial charge is 0.477 e. The number of nitrogens with zero attached hydrogens (tertiary/aromatic N) is 3. The van der Waals surface area contributed by atoms with Crippen LogP contribution >= 0.6 is 0 Å². The standard InChI is InChI=1S/C22H25F2N3O3/c1-11-15-18(27(12-4-5-12)8-13(20(15)28)21(29)30)17(24)19(16(11)23)26-9-14(25(2)3)22(10-26)6-7-22/h8,12,14H,4-7,9-10H2,1-3H3,(H,29,30)/t14-/m1/s1. The van der Waals surface area contributed by atoms with Crippen molar-refractivity contribution in [3.05, 3.63) is 39.2 Å². The molecule has 1 aromatic carbocycles. The van der Waals surface area contributed by atoms with Crippen LogP contribution in [0.1, 0.15) is 47.6 Å². The summed E-state index contributed by atoms with van der Waals surface area (Å²) in [6, 6.07) is 0.147. The Labute approximate surface area is 172 Å². The Morgan fingerprint density at radius 2 is 1.90 bits per heavy atom. The Morgan fingerprint density at radius 3 is 2.40 bits per heavy atom. The molecule has 1 aromatic heterocycles. The summed E-state index contributed by atoms with van der Waals surface area (Å²) in [5, 5.41) is 9.28. The number of aromatic nitrogens is 1. The Hall–Kier alpha value is -2.48. The summed E-state index contributed by atoms with van der Waals surface area (Å²) in [6.07, 6.45) is 4.85. The molecule has 6 nitrogen and oxygen atoms in total. The van der Waals surface area contributed by atoms with Gasteiger partial charge >= 0.3 is 5.97 Å². The number of hydrogen-bond acceptors (Lipinski definition) is 4. The van der Waals surface area contributed by atoms with E-state index in [0.29, 0.717) is 13.1 Å². The fraction of sp³-hybridized carbons (Fsp3) is 0.545. The van der Waals surface area contributed by atoms with E-state index in [1.807, 2.05) is 14.1 Å².